The maximum atomic E-state index is 2.36. The van der Waals surface area contributed by atoms with Gasteiger partial charge in [0.1, 0.15) is 0 Å². The fourth-order valence-corrected chi connectivity index (χ4v) is 1.85. The predicted octanol–water partition coefficient (Wildman–Crippen LogP) is 8.60. The minimum Gasteiger partial charge on any atom is -0.0656 e. The normalized spacial score (nSPS) is 9.71. The molecule has 0 fully saturated rings. The van der Waals surface area contributed by atoms with Crippen molar-refractivity contribution in [1.29, 1.82) is 0 Å². The van der Waals surface area contributed by atoms with Gasteiger partial charge in [0.15, 0.2) is 0 Å². The highest BCUT2D eigenvalue weighted by molar-refractivity contribution is 4.66. The Kier molecular flexibility index (Phi) is 34.6. The first-order valence-electron chi connectivity index (χ1n) is 9.67. The van der Waals surface area contributed by atoms with E-state index in [0.29, 0.717) is 0 Å². The first-order chi connectivity index (χ1) is 9.67. The second kappa shape index (κ2) is 25.0. The molecule has 0 N–H and O–H groups in total. The maximum absolute atomic E-state index is 2.36. The van der Waals surface area contributed by atoms with Gasteiger partial charge >= 0.3 is 0 Å². The van der Waals surface area contributed by atoms with E-state index in [-0.39, 0.29) is 0 Å². The standard InChI is InChI=1S/C12H26.3C3H8/c1-9(2)7-12(11(5)6)8-10(3)4;3*1-3-2/h9-12H,7-8H2,1-6H3;3*3H2,1-2H3. The van der Waals surface area contributed by atoms with E-state index in [9.17, 15) is 0 Å². The molecule has 0 amide bonds. The van der Waals surface area contributed by atoms with Crippen LogP contribution in [0.3, 0.4) is 0 Å². The lowest BCUT2D eigenvalue weighted by Crippen LogP contribution is -2.14. The molecular formula is C21H50. The molecule has 0 saturated heterocycles. The highest BCUT2D eigenvalue weighted by Crippen LogP contribution is 2.26. The minimum absolute atomic E-state index is 0.856. The van der Waals surface area contributed by atoms with Gasteiger partial charge in [-0.2, -0.15) is 0 Å². The van der Waals surface area contributed by atoms with E-state index in [0.717, 1.165) is 23.7 Å². The van der Waals surface area contributed by atoms with E-state index in [2.05, 4.69) is 83.1 Å². The highest BCUT2D eigenvalue weighted by atomic mass is 14.2. The molecule has 0 unspecified atom stereocenters. The van der Waals surface area contributed by atoms with Crippen LogP contribution in [0.4, 0.5) is 0 Å². The molecule has 21 heavy (non-hydrogen) atoms. The van der Waals surface area contributed by atoms with Gasteiger partial charge in [-0.05, 0) is 36.5 Å². The van der Waals surface area contributed by atoms with Crippen LogP contribution >= 0.6 is 0 Å². The molecule has 0 heterocycles. The Hall–Kier alpha value is 0. The molecule has 0 heteroatoms. The van der Waals surface area contributed by atoms with Crippen molar-refractivity contribution < 1.29 is 0 Å². The summed E-state index contributed by atoms with van der Waals surface area (Å²) in [6.07, 6.45) is 6.55. The number of hydrogen-bond donors (Lipinski definition) is 0. The first kappa shape index (κ1) is 29.1. The Morgan fingerprint density at radius 3 is 0.762 bits per heavy atom. The summed E-state index contributed by atoms with van der Waals surface area (Å²) < 4.78 is 0. The van der Waals surface area contributed by atoms with E-state index in [1.807, 2.05) is 0 Å². The summed E-state index contributed by atoms with van der Waals surface area (Å²) in [5.41, 5.74) is 0. The molecule has 0 aliphatic carbocycles. The van der Waals surface area contributed by atoms with E-state index in [1.54, 1.807) is 0 Å². The molecule has 0 radical (unpaired) electrons. The van der Waals surface area contributed by atoms with Crippen LogP contribution in [0.15, 0.2) is 0 Å². The van der Waals surface area contributed by atoms with E-state index < -0.39 is 0 Å². The van der Waals surface area contributed by atoms with Gasteiger partial charge in [0.05, 0.1) is 0 Å². The lowest BCUT2D eigenvalue weighted by Gasteiger charge is -2.24. The Morgan fingerprint density at radius 1 is 0.476 bits per heavy atom. The molecule has 0 rings (SSSR count). The Labute approximate surface area is 139 Å². The average molecular weight is 303 g/mol. The van der Waals surface area contributed by atoms with Crippen LogP contribution in [0.25, 0.3) is 0 Å². The SMILES string of the molecule is CC(C)CC(CC(C)C)C(C)C.CCC.CCC.CCC. The average Bonchev–Trinajstić information content (AvgIpc) is 2.29. The van der Waals surface area contributed by atoms with Crippen molar-refractivity contribution in [2.75, 3.05) is 0 Å². The van der Waals surface area contributed by atoms with Crippen molar-refractivity contribution in [1.82, 2.24) is 0 Å². The van der Waals surface area contributed by atoms with Crippen LogP contribution in [0, 0.1) is 23.7 Å². The summed E-state index contributed by atoms with van der Waals surface area (Å²) in [5.74, 6) is 3.51. The summed E-state index contributed by atoms with van der Waals surface area (Å²) in [6.45, 7) is 26.8. The molecule has 0 saturated carbocycles. The van der Waals surface area contributed by atoms with Crippen LogP contribution in [0.5, 0.6) is 0 Å². The summed E-state index contributed by atoms with van der Waals surface area (Å²) in [5, 5.41) is 0. The van der Waals surface area contributed by atoms with Crippen molar-refractivity contribution in [2.24, 2.45) is 23.7 Å². The Morgan fingerprint density at radius 2 is 0.667 bits per heavy atom. The molecule has 0 aromatic carbocycles. The lowest BCUT2D eigenvalue weighted by molar-refractivity contribution is 0.268. The Balaban J connectivity index is -0.000000132. The third-order valence-corrected chi connectivity index (χ3v) is 2.49. The van der Waals surface area contributed by atoms with Crippen molar-refractivity contribution in [3.05, 3.63) is 0 Å². The van der Waals surface area contributed by atoms with Crippen LogP contribution in [-0.4, -0.2) is 0 Å². The smallest absolute Gasteiger partial charge is 0.0386 e. The van der Waals surface area contributed by atoms with Crippen molar-refractivity contribution in [3.63, 3.8) is 0 Å². The summed E-state index contributed by atoms with van der Waals surface area (Å²) in [6, 6.07) is 0. The quantitative estimate of drug-likeness (QED) is 0.477. The maximum Gasteiger partial charge on any atom is -0.0386 e. The molecule has 0 nitrogen and oxygen atoms in total. The highest BCUT2D eigenvalue weighted by Gasteiger charge is 2.15. The summed E-state index contributed by atoms with van der Waals surface area (Å²) in [4.78, 5) is 0. The Bertz CT molecular complexity index is 118. The third-order valence-electron chi connectivity index (χ3n) is 2.49. The van der Waals surface area contributed by atoms with Gasteiger partial charge in [-0.3, -0.25) is 0 Å². The monoisotopic (exact) mass is 302 g/mol. The van der Waals surface area contributed by atoms with Gasteiger partial charge in [-0.1, -0.05) is 102 Å². The first-order valence-corrected chi connectivity index (χ1v) is 9.67. The van der Waals surface area contributed by atoms with E-state index in [1.165, 1.54) is 32.1 Å². The fraction of sp³-hybridized carbons (Fsp3) is 1.00. The zero-order valence-corrected chi connectivity index (χ0v) is 17.8. The van der Waals surface area contributed by atoms with Gasteiger partial charge in [0.25, 0.3) is 0 Å². The zero-order valence-electron chi connectivity index (χ0n) is 17.8. The van der Waals surface area contributed by atoms with Gasteiger partial charge < -0.3 is 0 Å². The van der Waals surface area contributed by atoms with Crippen LogP contribution in [0.1, 0.15) is 115 Å². The van der Waals surface area contributed by atoms with Gasteiger partial charge in [0.2, 0.25) is 0 Å². The zero-order chi connectivity index (χ0) is 17.8. The number of hydrogen-bond acceptors (Lipinski definition) is 0. The largest absolute Gasteiger partial charge is 0.0656 e. The van der Waals surface area contributed by atoms with Crippen molar-refractivity contribution >= 4 is 0 Å². The molecule has 0 aliphatic rings. The minimum atomic E-state index is 0.856. The van der Waals surface area contributed by atoms with Crippen LogP contribution in [0.2, 0.25) is 0 Å². The van der Waals surface area contributed by atoms with Gasteiger partial charge in [-0.25, -0.2) is 0 Å². The van der Waals surface area contributed by atoms with Crippen LogP contribution < -0.4 is 0 Å². The third kappa shape index (κ3) is 45.0. The fourth-order valence-electron chi connectivity index (χ4n) is 1.85. The molecule has 0 aromatic heterocycles. The molecule has 0 atom stereocenters. The molecule has 134 valence electrons. The van der Waals surface area contributed by atoms with Gasteiger partial charge in [0, 0.05) is 0 Å². The molecule has 0 bridgehead atoms. The van der Waals surface area contributed by atoms with Crippen LogP contribution in [-0.2, 0) is 0 Å². The molecular weight excluding hydrogens is 252 g/mol. The second-order valence-corrected chi connectivity index (χ2v) is 7.38. The second-order valence-electron chi connectivity index (χ2n) is 7.38. The van der Waals surface area contributed by atoms with Crippen molar-refractivity contribution in [3.8, 4) is 0 Å². The lowest BCUT2D eigenvalue weighted by atomic mass is 9.82. The van der Waals surface area contributed by atoms with Gasteiger partial charge in [-0.15, -0.1) is 0 Å². The number of rotatable bonds is 5. The summed E-state index contributed by atoms with van der Waals surface area (Å²) >= 11 is 0. The molecule has 0 aliphatic heterocycles. The molecule has 0 aromatic rings. The van der Waals surface area contributed by atoms with E-state index in [4.69, 9.17) is 0 Å². The topological polar surface area (TPSA) is 0 Å². The summed E-state index contributed by atoms with van der Waals surface area (Å²) in [7, 11) is 0. The predicted molar refractivity (Wildman–Crippen MR) is 105 cm³/mol. The van der Waals surface area contributed by atoms with Crippen molar-refractivity contribution in [2.45, 2.75) is 115 Å². The molecule has 0 spiro atoms. The van der Waals surface area contributed by atoms with E-state index >= 15 is 0 Å².